The van der Waals surface area contributed by atoms with Gasteiger partial charge in [-0.2, -0.15) is 0 Å². The third-order valence-electron chi connectivity index (χ3n) is 3.02. The summed E-state index contributed by atoms with van der Waals surface area (Å²) in [7, 11) is 1.74. The summed E-state index contributed by atoms with van der Waals surface area (Å²) in [5, 5.41) is 3.42. The van der Waals surface area contributed by atoms with Crippen molar-refractivity contribution in [3.05, 3.63) is 35.2 Å². The van der Waals surface area contributed by atoms with Gasteiger partial charge in [0.25, 0.3) is 0 Å². The second kappa shape index (κ2) is 5.63. The number of benzene rings is 1. The number of methoxy groups -OCH3 is 1. The van der Waals surface area contributed by atoms with Crippen LogP contribution in [0.15, 0.2) is 29.6 Å². The van der Waals surface area contributed by atoms with Gasteiger partial charge in [0, 0.05) is 24.5 Å². The molecule has 0 aliphatic rings. The van der Waals surface area contributed by atoms with Crippen molar-refractivity contribution in [3.63, 3.8) is 0 Å². The van der Waals surface area contributed by atoms with Gasteiger partial charge in [0.15, 0.2) is 0 Å². The predicted octanol–water partition coefficient (Wildman–Crippen LogP) is 3.57. The summed E-state index contributed by atoms with van der Waals surface area (Å²) in [6, 6.07) is 8.62. The van der Waals surface area contributed by atoms with Gasteiger partial charge in [0.05, 0.1) is 0 Å². The third-order valence-corrected chi connectivity index (χ3v) is 4.00. The van der Waals surface area contributed by atoms with E-state index in [0.29, 0.717) is 5.92 Å². The highest BCUT2D eigenvalue weighted by Crippen LogP contribution is 2.30. The van der Waals surface area contributed by atoms with Crippen LogP contribution in [0.4, 0.5) is 0 Å². The molecule has 2 atom stereocenters. The van der Waals surface area contributed by atoms with Crippen molar-refractivity contribution in [1.82, 2.24) is 0 Å². The maximum absolute atomic E-state index is 6.30. The number of hydrogen-bond acceptors (Lipinski definition) is 3. The summed E-state index contributed by atoms with van der Waals surface area (Å²) < 4.78 is 6.48. The molecule has 0 fully saturated rings. The Hall–Kier alpha value is -0.900. The van der Waals surface area contributed by atoms with Crippen LogP contribution in [0.2, 0.25) is 0 Å². The summed E-state index contributed by atoms with van der Waals surface area (Å²) >= 11 is 1.77. The summed E-state index contributed by atoms with van der Waals surface area (Å²) in [5.74, 6) is 0.491. The molecule has 0 amide bonds. The van der Waals surface area contributed by atoms with Crippen LogP contribution >= 0.6 is 11.3 Å². The summed E-state index contributed by atoms with van der Waals surface area (Å²) in [6.07, 6.45) is 0.963. The van der Waals surface area contributed by atoms with Gasteiger partial charge in [-0.05, 0) is 34.7 Å². The summed E-state index contributed by atoms with van der Waals surface area (Å²) in [4.78, 5) is 0. The lowest BCUT2D eigenvalue weighted by Gasteiger charge is -2.17. The molecule has 0 saturated carbocycles. The second-order valence-corrected chi connectivity index (χ2v) is 5.51. The minimum absolute atomic E-state index is 0.0995. The molecule has 2 N–H and O–H groups in total. The van der Waals surface area contributed by atoms with E-state index in [2.05, 4.69) is 36.6 Å². The van der Waals surface area contributed by atoms with Crippen molar-refractivity contribution in [1.29, 1.82) is 0 Å². The standard InChI is InChI=1S/C14H19NOS/c1-10(9-16-2)8-13(15)12-5-3-4-11-6-7-17-14(11)12/h3-7,10,13H,8-9,15H2,1-2H3. The monoisotopic (exact) mass is 249 g/mol. The molecule has 0 radical (unpaired) electrons. The molecule has 0 aliphatic carbocycles. The van der Waals surface area contributed by atoms with Crippen LogP contribution in [0.5, 0.6) is 0 Å². The average molecular weight is 249 g/mol. The average Bonchev–Trinajstić information content (AvgIpc) is 2.76. The van der Waals surface area contributed by atoms with Gasteiger partial charge >= 0.3 is 0 Å². The molecule has 2 rings (SSSR count). The Bertz CT molecular complexity index is 480. The fraction of sp³-hybridized carbons (Fsp3) is 0.429. The molecule has 3 heteroatoms. The normalized spacial score (nSPS) is 15.0. The smallest absolute Gasteiger partial charge is 0.0488 e. The molecule has 0 aliphatic heterocycles. The van der Waals surface area contributed by atoms with Crippen LogP contribution in [0.25, 0.3) is 10.1 Å². The lowest BCUT2D eigenvalue weighted by molar-refractivity contribution is 0.152. The molecule has 2 nitrogen and oxygen atoms in total. The topological polar surface area (TPSA) is 35.2 Å². The Kier molecular flexibility index (Phi) is 4.15. The highest BCUT2D eigenvalue weighted by Gasteiger charge is 2.14. The lowest BCUT2D eigenvalue weighted by Crippen LogP contribution is -2.16. The van der Waals surface area contributed by atoms with E-state index in [9.17, 15) is 0 Å². The minimum Gasteiger partial charge on any atom is -0.384 e. The zero-order valence-corrected chi connectivity index (χ0v) is 11.2. The van der Waals surface area contributed by atoms with Crippen LogP contribution in [0.3, 0.4) is 0 Å². The van der Waals surface area contributed by atoms with Crippen LogP contribution in [-0.2, 0) is 4.74 Å². The molecule has 1 heterocycles. The van der Waals surface area contributed by atoms with Gasteiger partial charge in [-0.15, -0.1) is 11.3 Å². The SMILES string of the molecule is COCC(C)CC(N)c1cccc2ccsc12. The van der Waals surface area contributed by atoms with Crippen LogP contribution in [0, 0.1) is 5.92 Å². The largest absolute Gasteiger partial charge is 0.384 e. The van der Waals surface area contributed by atoms with Crippen molar-refractivity contribution in [2.45, 2.75) is 19.4 Å². The van der Waals surface area contributed by atoms with Crippen molar-refractivity contribution in [2.24, 2.45) is 11.7 Å². The molecule has 17 heavy (non-hydrogen) atoms. The lowest BCUT2D eigenvalue weighted by atomic mass is 9.96. The van der Waals surface area contributed by atoms with E-state index in [4.69, 9.17) is 10.5 Å². The summed E-state index contributed by atoms with van der Waals surface area (Å²) in [6.45, 7) is 2.95. The van der Waals surface area contributed by atoms with Gasteiger partial charge in [-0.25, -0.2) is 0 Å². The molecular weight excluding hydrogens is 230 g/mol. The molecule has 0 saturated heterocycles. The van der Waals surface area contributed by atoms with Gasteiger partial charge in [0.1, 0.15) is 0 Å². The van der Waals surface area contributed by atoms with Gasteiger partial charge in [0.2, 0.25) is 0 Å². The predicted molar refractivity (Wildman–Crippen MR) is 74.4 cm³/mol. The van der Waals surface area contributed by atoms with Gasteiger partial charge < -0.3 is 10.5 Å². The Morgan fingerprint density at radius 2 is 2.18 bits per heavy atom. The zero-order chi connectivity index (χ0) is 12.3. The van der Waals surface area contributed by atoms with Crippen LogP contribution < -0.4 is 5.73 Å². The van der Waals surface area contributed by atoms with Crippen molar-refractivity contribution in [2.75, 3.05) is 13.7 Å². The van der Waals surface area contributed by atoms with E-state index < -0.39 is 0 Å². The number of rotatable bonds is 5. The number of hydrogen-bond donors (Lipinski definition) is 1. The highest BCUT2D eigenvalue weighted by molar-refractivity contribution is 7.17. The van der Waals surface area contributed by atoms with Crippen molar-refractivity contribution in [3.8, 4) is 0 Å². The molecule has 92 valence electrons. The molecule has 2 aromatic rings. The number of thiophene rings is 1. The van der Waals surface area contributed by atoms with Crippen molar-refractivity contribution < 1.29 is 4.74 Å². The molecular formula is C14H19NOS. The molecule has 2 unspecified atom stereocenters. The quantitative estimate of drug-likeness (QED) is 0.879. The van der Waals surface area contributed by atoms with Gasteiger partial charge in [-0.1, -0.05) is 25.1 Å². The van der Waals surface area contributed by atoms with Crippen LogP contribution in [0.1, 0.15) is 24.9 Å². The highest BCUT2D eigenvalue weighted by atomic mass is 32.1. The van der Waals surface area contributed by atoms with E-state index in [1.165, 1.54) is 15.6 Å². The zero-order valence-electron chi connectivity index (χ0n) is 10.3. The Morgan fingerprint density at radius 1 is 1.35 bits per heavy atom. The minimum atomic E-state index is 0.0995. The Balaban J connectivity index is 2.18. The third kappa shape index (κ3) is 2.86. The molecule has 0 bridgehead atoms. The first-order chi connectivity index (χ1) is 8.22. The van der Waals surface area contributed by atoms with E-state index in [1.807, 2.05) is 0 Å². The first-order valence-corrected chi connectivity index (χ1v) is 6.81. The molecule has 1 aromatic carbocycles. The number of fused-ring (bicyclic) bond motifs is 1. The summed E-state index contributed by atoms with van der Waals surface area (Å²) in [5.41, 5.74) is 7.57. The van der Waals surface area contributed by atoms with Crippen LogP contribution in [-0.4, -0.2) is 13.7 Å². The maximum Gasteiger partial charge on any atom is 0.0488 e. The maximum atomic E-state index is 6.30. The molecule has 1 aromatic heterocycles. The second-order valence-electron chi connectivity index (χ2n) is 4.59. The first-order valence-electron chi connectivity index (χ1n) is 5.93. The number of nitrogens with two attached hydrogens (primary N) is 1. The molecule has 0 spiro atoms. The fourth-order valence-electron chi connectivity index (χ4n) is 2.22. The Labute approximate surface area is 106 Å². The van der Waals surface area contributed by atoms with E-state index >= 15 is 0 Å². The van der Waals surface area contributed by atoms with E-state index in [1.54, 1.807) is 18.4 Å². The number of ether oxygens (including phenoxy) is 1. The van der Waals surface area contributed by atoms with Crippen molar-refractivity contribution >= 4 is 21.4 Å². The fourth-order valence-corrected chi connectivity index (χ4v) is 3.20. The first kappa shape index (κ1) is 12.6. The Morgan fingerprint density at radius 3 is 2.94 bits per heavy atom. The van der Waals surface area contributed by atoms with E-state index in [0.717, 1.165) is 13.0 Å². The van der Waals surface area contributed by atoms with Gasteiger partial charge in [-0.3, -0.25) is 0 Å². The van der Waals surface area contributed by atoms with E-state index in [-0.39, 0.29) is 6.04 Å².